The summed E-state index contributed by atoms with van der Waals surface area (Å²) in [6.07, 6.45) is -2.01. The molecule has 0 saturated carbocycles. The van der Waals surface area contributed by atoms with Gasteiger partial charge in [0.2, 0.25) is 0 Å². The average molecular weight is 203 g/mol. The quantitative estimate of drug-likeness (QED) is 0.605. The van der Waals surface area contributed by atoms with Gasteiger partial charge in [0, 0.05) is 6.04 Å². The molecule has 5 nitrogen and oxygen atoms in total. The predicted octanol–water partition coefficient (Wildman–Crippen LogP) is -0.429. The number of nitrogens with two attached hydrogens (primary N) is 1. The third-order valence-corrected chi connectivity index (χ3v) is 2.57. The lowest BCUT2D eigenvalue weighted by atomic mass is 10.1. The Morgan fingerprint density at radius 1 is 1.36 bits per heavy atom. The van der Waals surface area contributed by atoms with Crippen molar-refractivity contribution in [3.8, 4) is 0 Å². The van der Waals surface area contributed by atoms with E-state index in [1.807, 2.05) is 0 Å². The maximum Gasteiger partial charge on any atom is 0.190 e. The number of hydrogen-bond donors (Lipinski definition) is 2. The van der Waals surface area contributed by atoms with E-state index in [4.69, 9.17) is 19.9 Å². The van der Waals surface area contributed by atoms with E-state index in [2.05, 4.69) is 0 Å². The number of aliphatic hydroxyl groups is 1. The minimum atomic E-state index is -0.707. The van der Waals surface area contributed by atoms with E-state index in [-0.39, 0.29) is 6.04 Å². The number of hydrogen-bond acceptors (Lipinski definition) is 5. The SMILES string of the molecule is CC(N)C1OC2OC(C)(C)OC2C1O. The van der Waals surface area contributed by atoms with E-state index in [1.165, 1.54) is 0 Å². The summed E-state index contributed by atoms with van der Waals surface area (Å²) in [7, 11) is 0. The summed E-state index contributed by atoms with van der Waals surface area (Å²) < 4.78 is 16.4. The van der Waals surface area contributed by atoms with Gasteiger partial charge in [0.15, 0.2) is 12.1 Å². The van der Waals surface area contributed by atoms with Gasteiger partial charge in [0.25, 0.3) is 0 Å². The van der Waals surface area contributed by atoms with E-state index in [1.54, 1.807) is 20.8 Å². The van der Waals surface area contributed by atoms with E-state index < -0.39 is 30.4 Å². The fourth-order valence-corrected chi connectivity index (χ4v) is 1.95. The van der Waals surface area contributed by atoms with Crippen molar-refractivity contribution >= 4 is 0 Å². The van der Waals surface area contributed by atoms with Crippen LogP contribution in [0.1, 0.15) is 20.8 Å². The van der Waals surface area contributed by atoms with E-state index in [0.29, 0.717) is 0 Å². The van der Waals surface area contributed by atoms with Crippen LogP contribution in [0.25, 0.3) is 0 Å². The molecule has 5 atom stereocenters. The summed E-state index contributed by atoms with van der Waals surface area (Å²) in [6, 6.07) is -0.231. The molecule has 2 rings (SSSR count). The van der Waals surface area contributed by atoms with Gasteiger partial charge < -0.3 is 25.1 Å². The molecule has 0 bridgehead atoms. The zero-order valence-corrected chi connectivity index (χ0v) is 8.64. The molecule has 0 amide bonds. The summed E-state index contributed by atoms with van der Waals surface area (Å²) in [5.41, 5.74) is 5.66. The van der Waals surface area contributed by atoms with Crippen molar-refractivity contribution in [1.29, 1.82) is 0 Å². The Morgan fingerprint density at radius 3 is 2.50 bits per heavy atom. The molecule has 5 unspecified atom stereocenters. The molecular formula is C9H17NO4. The molecule has 3 N–H and O–H groups in total. The Hall–Kier alpha value is -0.200. The summed E-state index contributed by atoms with van der Waals surface area (Å²) in [5, 5.41) is 9.85. The third kappa shape index (κ3) is 1.55. The fourth-order valence-electron chi connectivity index (χ4n) is 1.95. The highest BCUT2D eigenvalue weighted by atomic mass is 16.8. The third-order valence-electron chi connectivity index (χ3n) is 2.57. The van der Waals surface area contributed by atoms with Gasteiger partial charge in [-0.3, -0.25) is 0 Å². The Morgan fingerprint density at radius 2 is 2.00 bits per heavy atom. The van der Waals surface area contributed by atoms with Crippen molar-refractivity contribution in [3.63, 3.8) is 0 Å². The minimum absolute atomic E-state index is 0.231. The van der Waals surface area contributed by atoms with Crippen molar-refractivity contribution in [2.75, 3.05) is 0 Å². The Bertz CT molecular complexity index is 229. The molecule has 0 aromatic rings. The first-order valence-electron chi connectivity index (χ1n) is 4.85. The Kier molecular flexibility index (Phi) is 2.32. The van der Waals surface area contributed by atoms with E-state index in [9.17, 15) is 5.11 Å². The molecular weight excluding hydrogens is 186 g/mol. The first-order valence-corrected chi connectivity index (χ1v) is 4.85. The van der Waals surface area contributed by atoms with Crippen LogP contribution in [-0.2, 0) is 14.2 Å². The smallest absolute Gasteiger partial charge is 0.190 e. The van der Waals surface area contributed by atoms with Crippen molar-refractivity contribution in [2.45, 2.75) is 57.2 Å². The molecule has 82 valence electrons. The zero-order valence-electron chi connectivity index (χ0n) is 8.64. The number of ether oxygens (including phenoxy) is 3. The summed E-state index contributed by atoms with van der Waals surface area (Å²) in [6.45, 7) is 5.38. The summed E-state index contributed by atoms with van der Waals surface area (Å²) in [4.78, 5) is 0. The van der Waals surface area contributed by atoms with Crippen LogP contribution in [0.2, 0.25) is 0 Å². The molecule has 0 aromatic carbocycles. The van der Waals surface area contributed by atoms with E-state index in [0.717, 1.165) is 0 Å². The predicted molar refractivity (Wildman–Crippen MR) is 48.4 cm³/mol. The second-order valence-corrected chi connectivity index (χ2v) is 4.42. The zero-order chi connectivity index (χ0) is 10.5. The lowest BCUT2D eigenvalue weighted by molar-refractivity contribution is -0.216. The Labute approximate surface area is 83.1 Å². The first kappa shape index (κ1) is 10.3. The largest absolute Gasteiger partial charge is 0.387 e. The number of rotatable bonds is 1. The van der Waals surface area contributed by atoms with Crippen molar-refractivity contribution in [1.82, 2.24) is 0 Å². The monoisotopic (exact) mass is 203 g/mol. The molecule has 2 aliphatic heterocycles. The van der Waals surface area contributed by atoms with Gasteiger partial charge >= 0.3 is 0 Å². The van der Waals surface area contributed by atoms with Crippen LogP contribution in [0, 0.1) is 0 Å². The van der Waals surface area contributed by atoms with Gasteiger partial charge in [-0.25, -0.2) is 0 Å². The second-order valence-electron chi connectivity index (χ2n) is 4.42. The average Bonchev–Trinajstić information content (AvgIpc) is 2.46. The van der Waals surface area contributed by atoms with Crippen molar-refractivity contribution in [3.05, 3.63) is 0 Å². The van der Waals surface area contributed by atoms with Crippen LogP contribution in [0.15, 0.2) is 0 Å². The normalized spacial score (nSPS) is 47.8. The van der Waals surface area contributed by atoms with Crippen LogP contribution in [0.4, 0.5) is 0 Å². The van der Waals surface area contributed by atoms with Crippen LogP contribution in [0.5, 0.6) is 0 Å². The van der Waals surface area contributed by atoms with Crippen LogP contribution < -0.4 is 5.73 Å². The molecule has 0 spiro atoms. The van der Waals surface area contributed by atoms with Gasteiger partial charge in [-0.2, -0.15) is 0 Å². The molecule has 0 aliphatic carbocycles. The molecule has 2 fully saturated rings. The topological polar surface area (TPSA) is 73.9 Å². The lowest BCUT2D eigenvalue weighted by Crippen LogP contribution is -2.43. The van der Waals surface area contributed by atoms with Gasteiger partial charge in [0.05, 0.1) is 0 Å². The van der Waals surface area contributed by atoms with Gasteiger partial charge in [-0.05, 0) is 20.8 Å². The van der Waals surface area contributed by atoms with Crippen LogP contribution in [0.3, 0.4) is 0 Å². The fraction of sp³-hybridized carbons (Fsp3) is 1.00. The Balaban J connectivity index is 2.08. The van der Waals surface area contributed by atoms with Gasteiger partial charge in [-0.1, -0.05) is 0 Å². The lowest BCUT2D eigenvalue weighted by Gasteiger charge is -2.24. The summed E-state index contributed by atoms with van der Waals surface area (Å²) in [5.74, 6) is -0.681. The highest BCUT2D eigenvalue weighted by Crippen LogP contribution is 2.37. The maximum absolute atomic E-state index is 9.85. The highest BCUT2D eigenvalue weighted by Gasteiger charge is 2.54. The molecule has 0 aromatic heterocycles. The van der Waals surface area contributed by atoms with Crippen molar-refractivity contribution in [2.24, 2.45) is 5.73 Å². The van der Waals surface area contributed by atoms with Crippen LogP contribution >= 0.6 is 0 Å². The van der Waals surface area contributed by atoms with Crippen molar-refractivity contribution < 1.29 is 19.3 Å². The standard InChI is InChI=1S/C9H17NO4/c1-4(10)6-5(11)7-8(12-6)14-9(2,3)13-7/h4-8,11H,10H2,1-3H3. The maximum atomic E-state index is 9.85. The van der Waals surface area contributed by atoms with Crippen LogP contribution in [-0.4, -0.2) is 41.5 Å². The number of aliphatic hydroxyl groups excluding tert-OH is 1. The molecule has 2 heterocycles. The summed E-state index contributed by atoms with van der Waals surface area (Å²) >= 11 is 0. The van der Waals surface area contributed by atoms with E-state index >= 15 is 0 Å². The molecule has 14 heavy (non-hydrogen) atoms. The second kappa shape index (κ2) is 3.15. The molecule has 2 aliphatic rings. The molecule has 5 heteroatoms. The molecule has 0 radical (unpaired) electrons. The minimum Gasteiger partial charge on any atom is -0.387 e. The van der Waals surface area contributed by atoms with Gasteiger partial charge in [0.1, 0.15) is 18.3 Å². The van der Waals surface area contributed by atoms with Gasteiger partial charge in [-0.15, -0.1) is 0 Å². The first-order chi connectivity index (χ1) is 6.41. The highest BCUT2D eigenvalue weighted by molar-refractivity contribution is 4.95. The molecule has 2 saturated heterocycles. The number of fused-ring (bicyclic) bond motifs is 1.